The summed E-state index contributed by atoms with van der Waals surface area (Å²) in [6, 6.07) is 4.08. The number of nitrogens with zero attached hydrogens (tertiary/aromatic N) is 2. The highest BCUT2D eigenvalue weighted by molar-refractivity contribution is 7.13. The van der Waals surface area contributed by atoms with Crippen LogP contribution < -0.4 is 0 Å². The maximum absolute atomic E-state index is 12.7. The van der Waals surface area contributed by atoms with Crippen LogP contribution in [0.25, 0.3) is 0 Å². The Bertz CT molecular complexity index is 665. The lowest BCUT2D eigenvalue weighted by Crippen LogP contribution is -2.41. The van der Waals surface area contributed by atoms with Crippen LogP contribution in [0.3, 0.4) is 0 Å². The van der Waals surface area contributed by atoms with E-state index >= 15 is 0 Å². The van der Waals surface area contributed by atoms with E-state index in [4.69, 9.17) is 9.47 Å². The predicted octanol–water partition coefficient (Wildman–Crippen LogP) is 3.27. The van der Waals surface area contributed by atoms with Gasteiger partial charge in [-0.1, -0.05) is 6.07 Å². The van der Waals surface area contributed by atoms with Crippen LogP contribution in [0.2, 0.25) is 0 Å². The van der Waals surface area contributed by atoms with Gasteiger partial charge >= 0.3 is 0 Å². The number of amides is 1. The van der Waals surface area contributed by atoms with E-state index < -0.39 is 0 Å². The van der Waals surface area contributed by atoms with Crippen LogP contribution in [-0.2, 0) is 9.47 Å². The minimum absolute atomic E-state index is 0.0155. The lowest BCUT2D eigenvalue weighted by Gasteiger charge is -2.32. The van der Waals surface area contributed by atoms with Gasteiger partial charge in [-0.05, 0) is 24.3 Å². The normalized spacial score (nSPS) is 25.0. The van der Waals surface area contributed by atoms with E-state index in [1.807, 2.05) is 16.3 Å². The minimum atomic E-state index is -0.0155. The highest BCUT2D eigenvalue weighted by Crippen LogP contribution is 2.32. The Balaban J connectivity index is 1.45. The Morgan fingerprint density at radius 1 is 1.30 bits per heavy atom. The highest BCUT2D eigenvalue weighted by Gasteiger charge is 2.29. The number of ether oxygens (including phenoxy) is 2. The maximum Gasteiger partial charge on any atom is 0.265 e. The van der Waals surface area contributed by atoms with Gasteiger partial charge in [0, 0.05) is 18.0 Å². The van der Waals surface area contributed by atoms with Gasteiger partial charge in [-0.2, -0.15) is 0 Å². The van der Waals surface area contributed by atoms with E-state index in [9.17, 15) is 4.79 Å². The number of thiophene rings is 1. The molecule has 23 heavy (non-hydrogen) atoms. The summed E-state index contributed by atoms with van der Waals surface area (Å²) < 4.78 is 11.5. The molecule has 2 atom stereocenters. The largest absolute Gasteiger partial charge is 0.371 e. The molecule has 7 heteroatoms. The molecule has 5 nitrogen and oxygen atoms in total. The standard InChI is InChI=1S/C16H18N2O3S2/c19-16(14-9-17-15(23-14)11-3-1-6-20-11)18-5-7-21-12(10-18)13-4-2-8-22-13/h2,4,8-9,11-12H,1,3,5-7,10H2. The van der Waals surface area contributed by atoms with Crippen molar-refractivity contribution in [2.75, 3.05) is 26.3 Å². The van der Waals surface area contributed by atoms with E-state index in [1.54, 1.807) is 17.5 Å². The molecule has 0 bridgehead atoms. The molecule has 122 valence electrons. The molecule has 0 spiro atoms. The van der Waals surface area contributed by atoms with E-state index in [-0.39, 0.29) is 18.1 Å². The van der Waals surface area contributed by atoms with Crippen molar-refractivity contribution in [3.63, 3.8) is 0 Å². The van der Waals surface area contributed by atoms with Crippen LogP contribution in [0.15, 0.2) is 23.7 Å². The maximum atomic E-state index is 12.7. The Kier molecular flexibility index (Phi) is 4.43. The van der Waals surface area contributed by atoms with Gasteiger partial charge in [-0.15, -0.1) is 22.7 Å². The van der Waals surface area contributed by atoms with Crippen molar-refractivity contribution in [2.24, 2.45) is 0 Å². The van der Waals surface area contributed by atoms with Crippen LogP contribution in [0.1, 0.15) is 44.6 Å². The first-order valence-corrected chi connectivity index (χ1v) is 9.52. The molecule has 1 amide bonds. The fourth-order valence-corrected chi connectivity index (χ4v) is 4.68. The molecule has 4 heterocycles. The molecular formula is C16H18N2O3S2. The van der Waals surface area contributed by atoms with Crippen molar-refractivity contribution >= 4 is 28.6 Å². The molecule has 0 aromatic carbocycles. The Morgan fingerprint density at radius 2 is 2.22 bits per heavy atom. The number of morpholine rings is 1. The Hall–Kier alpha value is -1.28. The number of carbonyl (C=O) groups excluding carboxylic acids is 1. The third-order valence-electron chi connectivity index (χ3n) is 4.15. The van der Waals surface area contributed by atoms with Crippen LogP contribution in [0, 0.1) is 0 Å². The van der Waals surface area contributed by atoms with Gasteiger partial charge in [0.15, 0.2) is 0 Å². The molecule has 2 aliphatic rings. The molecule has 2 unspecified atom stereocenters. The number of hydrogen-bond donors (Lipinski definition) is 0. The van der Waals surface area contributed by atoms with Crippen LogP contribution >= 0.6 is 22.7 Å². The topological polar surface area (TPSA) is 51.7 Å². The number of carbonyl (C=O) groups is 1. The van der Waals surface area contributed by atoms with E-state index in [2.05, 4.69) is 11.1 Å². The van der Waals surface area contributed by atoms with Gasteiger partial charge in [0.25, 0.3) is 5.91 Å². The van der Waals surface area contributed by atoms with Crippen molar-refractivity contribution in [1.82, 2.24) is 9.88 Å². The summed E-state index contributed by atoms with van der Waals surface area (Å²) in [6.07, 6.45) is 3.82. The van der Waals surface area contributed by atoms with E-state index in [1.165, 1.54) is 16.2 Å². The minimum Gasteiger partial charge on any atom is -0.371 e. The fourth-order valence-electron chi connectivity index (χ4n) is 2.94. The van der Waals surface area contributed by atoms with Crippen molar-refractivity contribution in [3.8, 4) is 0 Å². The van der Waals surface area contributed by atoms with Gasteiger partial charge in [0.05, 0.1) is 19.3 Å². The summed E-state index contributed by atoms with van der Waals surface area (Å²) in [6.45, 7) is 2.60. The SMILES string of the molecule is O=C(c1cnc(C2CCCO2)s1)N1CCOC(c2cccs2)C1. The molecule has 4 rings (SSSR count). The first kappa shape index (κ1) is 15.3. The van der Waals surface area contributed by atoms with Crippen molar-refractivity contribution < 1.29 is 14.3 Å². The monoisotopic (exact) mass is 350 g/mol. The summed E-state index contributed by atoms with van der Waals surface area (Å²) in [7, 11) is 0. The molecule has 0 N–H and O–H groups in total. The predicted molar refractivity (Wildman–Crippen MR) is 89.0 cm³/mol. The summed E-state index contributed by atoms with van der Waals surface area (Å²) in [5.74, 6) is 0.0524. The molecule has 2 aliphatic heterocycles. The quantitative estimate of drug-likeness (QED) is 0.852. The molecule has 0 aliphatic carbocycles. The summed E-state index contributed by atoms with van der Waals surface area (Å²) in [5, 5.41) is 2.96. The Labute approximate surface area is 142 Å². The second kappa shape index (κ2) is 6.68. The zero-order valence-corrected chi connectivity index (χ0v) is 14.3. The number of hydrogen-bond acceptors (Lipinski definition) is 6. The zero-order valence-electron chi connectivity index (χ0n) is 12.6. The van der Waals surface area contributed by atoms with Gasteiger partial charge in [0.1, 0.15) is 22.1 Å². The summed E-state index contributed by atoms with van der Waals surface area (Å²) in [4.78, 5) is 20.9. The van der Waals surface area contributed by atoms with Gasteiger partial charge < -0.3 is 14.4 Å². The average Bonchev–Trinajstić information content (AvgIpc) is 3.36. The smallest absolute Gasteiger partial charge is 0.265 e. The first-order chi connectivity index (χ1) is 11.3. The summed E-state index contributed by atoms with van der Waals surface area (Å²) >= 11 is 3.14. The van der Waals surface area contributed by atoms with Crippen molar-refractivity contribution in [1.29, 1.82) is 0 Å². The third-order valence-corrected chi connectivity index (χ3v) is 6.20. The number of aromatic nitrogens is 1. The molecule has 2 saturated heterocycles. The molecule has 2 fully saturated rings. The van der Waals surface area contributed by atoms with Gasteiger partial charge in [0.2, 0.25) is 0 Å². The van der Waals surface area contributed by atoms with Gasteiger partial charge in [-0.25, -0.2) is 4.98 Å². The molecule has 2 aromatic rings. The molecular weight excluding hydrogens is 332 g/mol. The first-order valence-electron chi connectivity index (χ1n) is 7.83. The summed E-state index contributed by atoms with van der Waals surface area (Å²) in [5.41, 5.74) is 0. The van der Waals surface area contributed by atoms with Gasteiger partial charge in [-0.3, -0.25) is 4.79 Å². The molecule has 0 saturated carbocycles. The van der Waals surface area contributed by atoms with Crippen LogP contribution in [0.4, 0.5) is 0 Å². The molecule has 2 aromatic heterocycles. The van der Waals surface area contributed by atoms with Crippen molar-refractivity contribution in [2.45, 2.75) is 25.0 Å². The number of rotatable bonds is 3. The average molecular weight is 350 g/mol. The Morgan fingerprint density at radius 3 is 3.00 bits per heavy atom. The molecule has 0 radical (unpaired) electrons. The second-order valence-electron chi connectivity index (χ2n) is 5.69. The van der Waals surface area contributed by atoms with E-state index in [0.29, 0.717) is 24.6 Å². The van der Waals surface area contributed by atoms with Crippen LogP contribution in [0.5, 0.6) is 0 Å². The van der Waals surface area contributed by atoms with E-state index in [0.717, 1.165) is 24.5 Å². The highest BCUT2D eigenvalue weighted by atomic mass is 32.1. The zero-order chi connectivity index (χ0) is 15.6. The van der Waals surface area contributed by atoms with Crippen molar-refractivity contribution in [3.05, 3.63) is 38.5 Å². The second-order valence-corrected chi connectivity index (χ2v) is 7.73. The number of thiazole rings is 1. The lowest BCUT2D eigenvalue weighted by atomic mass is 10.2. The fraction of sp³-hybridized carbons (Fsp3) is 0.500. The van der Waals surface area contributed by atoms with Crippen LogP contribution in [-0.4, -0.2) is 42.1 Å². The lowest BCUT2D eigenvalue weighted by molar-refractivity contribution is -0.0210. The third kappa shape index (κ3) is 3.19.